The molecule has 0 bridgehead atoms. The first-order valence-electron chi connectivity index (χ1n) is 13.4. The molecule has 1 amide bonds. The third kappa shape index (κ3) is 4.86. The lowest BCUT2D eigenvalue weighted by Crippen LogP contribution is -2.58. The summed E-state index contributed by atoms with van der Waals surface area (Å²) in [4.78, 5) is 25.9. The summed E-state index contributed by atoms with van der Waals surface area (Å²) in [6.45, 7) is 2.13. The van der Waals surface area contributed by atoms with Crippen LogP contribution in [0.3, 0.4) is 0 Å². The number of aryl methyl sites for hydroxylation is 2. The van der Waals surface area contributed by atoms with Crippen LogP contribution in [-0.4, -0.2) is 58.0 Å². The Hall–Kier alpha value is -3.43. The Bertz CT molecular complexity index is 1650. The molecule has 1 saturated heterocycles. The molecule has 3 aromatic carbocycles. The molecule has 1 unspecified atom stereocenters. The smallest absolute Gasteiger partial charge is 0.252 e. The molecule has 4 N–H and O–H groups in total. The second kappa shape index (κ2) is 10.2. The van der Waals surface area contributed by atoms with Gasteiger partial charge in [0.25, 0.3) is 5.91 Å². The summed E-state index contributed by atoms with van der Waals surface area (Å²) in [6, 6.07) is 13.2. The molecule has 1 saturated carbocycles. The number of hydrogen-bond acceptors (Lipinski definition) is 6. The van der Waals surface area contributed by atoms with E-state index in [0.717, 1.165) is 34.5 Å². The predicted molar refractivity (Wildman–Crippen MR) is 152 cm³/mol. The maximum Gasteiger partial charge on any atom is 0.252 e. The van der Waals surface area contributed by atoms with Crippen molar-refractivity contribution in [2.24, 2.45) is 5.73 Å². The van der Waals surface area contributed by atoms with Crippen molar-refractivity contribution in [2.75, 3.05) is 19.8 Å². The van der Waals surface area contributed by atoms with Crippen molar-refractivity contribution in [1.29, 1.82) is 0 Å². The fraction of sp³-hybridized carbons (Fsp3) is 0.355. The van der Waals surface area contributed by atoms with Crippen molar-refractivity contribution in [2.45, 2.75) is 50.4 Å². The third-order valence-electron chi connectivity index (χ3n) is 8.16. The van der Waals surface area contributed by atoms with E-state index in [4.69, 9.17) is 26.8 Å². The Morgan fingerprint density at radius 2 is 1.95 bits per heavy atom. The van der Waals surface area contributed by atoms with E-state index >= 15 is 0 Å². The number of halogens is 1. The average molecular weight is 563 g/mol. The predicted octanol–water partition coefficient (Wildman–Crippen LogP) is 4.51. The molecule has 8 nitrogen and oxygen atoms in total. The maximum atomic E-state index is 13.5. The number of amides is 1. The second-order valence-electron chi connectivity index (χ2n) is 11.0. The highest BCUT2D eigenvalue weighted by molar-refractivity contribution is 6.31. The highest BCUT2D eigenvalue weighted by Gasteiger charge is 2.43. The standard InChI is InChI=1S/C31H31ClN2O6/c1-17-23-12-21(32)6-4-20(23)11-27(29(17)30(33)37)40-14-26(35)24-13-34(9-8-28(36)31(38)15-39-16-31)25-10-19(18-2-3-18)5-7-22(24)25/h4-7,10-13,18,28,36,38H,2-3,8-9,14-16H2,1H3,(H2,33,37). The normalized spacial score (nSPS) is 17.1. The van der Waals surface area contributed by atoms with Gasteiger partial charge >= 0.3 is 0 Å². The SMILES string of the molecule is Cc1c(C(N)=O)c(OCC(=O)c2cn(CCC(O)C3(O)COC3)c3cc(C4CC4)ccc23)cc2ccc(Cl)cc12. The van der Waals surface area contributed by atoms with Crippen LogP contribution < -0.4 is 10.5 Å². The molecule has 6 rings (SSSR count). The fourth-order valence-electron chi connectivity index (χ4n) is 5.57. The number of primary amides is 1. The van der Waals surface area contributed by atoms with Gasteiger partial charge in [-0.25, -0.2) is 0 Å². The number of aliphatic hydroxyl groups excluding tert-OH is 1. The van der Waals surface area contributed by atoms with E-state index in [9.17, 15) is 19.8 Å². The molecule has 1 atom stereocenters. The van der Waals surface area contributed by atoms with Crippen molar-refractivity contribution >= 4 is 45.0 Å². The number of aliphatic hydroxyl groups is 2. The van der Waals surface area contributed by atoms with Gasteiger partial charge in [-0.2, -0.15) is 0 Å². The van der Waals surface area contributed by atoms with Crippen LogP contribution in [0.4, 0.5) is 0 Å². The summed E-state index contributed by atoms with van der Waals surface area (Å²) in [5.74, 6) is -0.124. The van der Waals surface area contributed by atoms with Crippen LogP contribution in [0.2, 0.25) is 5.02 Å². The lowest BCUT2D eigenvalue weighted by atomic mass is 9.92. The zero-order valence-electron chi connectivity index (χ0n) is 22.2. The highest BCUT2D eigenvalue weighted by atomic mass is 35.5. The van der Waals surface area contributed by atoms with Crippen molar-refractivity contribution in [1.82, 2.24) is 4.57 Å². The van der Waals surface area contributed by atoms with Crippen LogP contribution in [0.15, 0.2) is 48.7 Å². The lowest BCUT2D eigenvalue weighted by Gasteiger charge is -2.40. The molecule has 1 aliphatic heterocycles. The molecular weight excluding hydrogens is 532 g/mol. The number of benzene rings is 3. The summed E-state index contributed by atoms with van der Waals surface area (Å²) in [5, 5.41) is 23.9. The average Bonchev–Trinajstić information content (AvgIpc) is 3.70. The Morgan fingerprint density at radius 1 is 1.18 bits per heavy atom. The molecule has 208 valence electrons. The number of ketones is 1. The molecule has 2 heterocycles. The minimum absolute atomic E-state index is 0.113. The topological polar surface area (TPSA) is 124 Å². The van der Waals surface area contributed by atoms with Gasteiger partial charge in [0.1, 0.15) is 11.4 Å². The fourth-order valence-corrected chi connectivity index (χ4v) is 5.75. The van der Waals surface area contributed by atoms with Crippen LogP contribution in [0.25, 0.3) is 21.7 Å². The minimum atomic E-state index is -1.23. The number of hydrogen-bond donors (Lipinski definition) is 3. The van der Waals surface area contributed by atoms with E-state index in [1.807, 2.05) is 16.7 Å². The van der Waals surface area contributed by atoms with Gasteiger partial charge in [-0.3, -0.25) is 9.59 Å². The molecule has 2 fully saturated rings. The zero-order chi connectivity index (χ0) is 28.2. The summed E-state index contributed by atoms with van der Waals surface area (Å²) >= 11 is 6.16. The Morgan fingerprint density at radius 3 is 2.62 bits per heavy atom. The molecule has 0 spiro atoms. The van der Waals surface area contributed by atoms with E-state index in [1.165, 1.54) is 5.56 Å². The van der Waals surface area contributed by atoms with Gasteiger partial charge in [0, 0.05) is 34.2 Å². The van der Waals surface area contributed by atoms with Crippen molar-refractivity contribution in [3.63, 3.8) is 0 Å². The van der Waals surface area contributed by atoms with Crippen molar-refractivity contribution < 1.29 is 29.3 Å². The molecule has 1 aliphatic carbocycles. The third-order valence-corrected chi connectivity index (χ3v) is 8.39. The number of rotatable bonds is 10. The van der Waals surface area contributed by atoms with Gasteiger partial charge < -0.3 is 30.0 Å². The Balaban J connectivity index is 1.29. The largest absolute Gasteiger partial charge is 0.485 e. The first-order chi connectivity index (χ1) is 19.1. The summed E-state index contributed by atoms with van der Waals surface area (Å²) < 4.78 is 13.0. The summed E-state index contributed by atoms with van der Waals surface area (Å²) in [6.07, 6.45) is 3.45. The number of Topliss-reactive ketones (excluding diaryl/α,β-unsaturated/α-hetero) is 1. The van der Waals surface area contributed by atoms with Crippen LogP contribution >= 0.6 is 11.6 Å². The number of fused-ring (bicyclic) bond motifs is 2. The van der Waals surface area contributed by atoms with Crippen LogP contribution in [0, 0.1) is 6.92 Å². The molecule has 40 heavy (non-hydrogen) atoms. The van der Waals surface area contributed by atoms with E-state index in [-0.39, 0.29) is 36.9 Å². The molecule has 0 radical (unpaired) electrons. The minimum Gasteiger partial charge on any atom is -0.485 e. The zero-order valence-corrected chi connectivity index (χ0v) is 22.9. The van der Waals surface area contributed by atoms with Gasteiger partial charge in [-0.1, -0.05) is 29.8 Å². The number of nitrogens with zero attached hydrogens (tertiary/aromatic N) is 1. The van der Waals surface area contributed by atoms with E-state index in [1.54, 1.807) is 31.3 Å². The number of aromatic nitrogens is 1. The van der Waals surface area contributed by atoms with Gasteiger partial charge in [0.2, 0.25) is 5.78 Å². The Labute approximate surface area is 236 Å². The maximum absolute atomic E-state index is 13.5. The Kier molecular flexibility index (Phi) is 6.82. The lowest BCUT2D eigenvalue weighted by molar-refractivity contribution is -0.227. The van der Waals surface area contributed by atoms with Gasteiger partial charge in [-0.05, 0) is 78.3 Å². The van der Waals surface area contributed by atoms with Gasteiger partial charge in [-0.15, -0.1) is 0 Å². The van der Waals surface area contributed by atoms with E-state index in [0.29, 0.717) is 35.0 Å². The number of carbonyl (C=O) groups is 2. The van der Waals surface area contributed by atoms with Crippen LogP contribution in [-0.2, 0) is 11.3 Å². The quantitative estimate of drug-likeness (QED) is 0.244. The van der Waals surface area contributed by atoms with Gasteiger partial charge in [0.05, 0.1) is 24.9 Å². The first kappa shape index (κ1) is 26.8. The van der Waals surface area contributed by atoms with Crippen molar-refractivity contribution in [3.05, 3.63) is 75.9 Å². The number of ether oxygens (including phenoxy) is 2. The number of nitrogens with two attached hydrogens (primary N) is 1. The second-order valence-corrected chi connectivity index (χ2v) is 11.4. The summed E-state index contributed by atoms with van der Waals surface area (Å²) in [7, 11) is 0. The first-order valence-corrected chi connectivity index (χ1v) is 13.8. The molecule has 2 aliphatic rings. The van der Waals surface area contributed by atoms with E-state index < -0.39 is 17.6 Å². The molecular formula is C31H31ClN2O6. The number of carbonyl (C=O) groups excluding carboxylic acids is 2. The van der Waals surface area contributed by atoms with E-state index in [2.05, 4.69) is 12.1 Å². The van der Waals surface area contributed by atoms with Crippen LogP contribution in [0.5, 0.6) is 5.75 Å². The van der Waals surface area contributed by atoms with Crippen molar-refractivity contribution in [3.8, 4) is 5.75 Å². The molecule has 9 heteroatoms. The molecule has 4 aromatic rings. The van der Waals surface area contributed by atoms with Crippen LogP contribution in [0.1, 0.15) is 57.0 Å². The monoisotopic (exact) mass is 562 g/mol. The summed E-state index contributed by atoms with van der Waals surface area (Å²) in [5.41, 5.74) is 7.94. The molecule has 1 aromatic heterocycles. The van der Waals surface area contributed by atoms with Gasteiger partial charge in [0.15, 0.2) is 6.61 Å². The highest BCUT2D eigenvalue weighted by Crippen LogP contribution is 2.41.